The number of hydrogen-bond acceptors (Lipinski definition) is 3. The lowest BCUT2D eigenvalue weighted by Gasteiger charge is -2.12. The van der Waals surface area contributed by atoms with Crippen molar-refractivity contribution >= 4 is 21.6 Å². The maximum absolute atomic E-state index is 12.5. The largest absolute Gasteiger partial charge is 0.322 e. The summed E-state index contributed by atoms with van der Waals surface area (Å²) in [6.45, 7) is 5.67. The Morgan fingerprint density at radius 1 is 0.957 bits per heavy atom. The van der Waals surface area contributed by atoms with Crippen molar-refractivity contribution < 1.29 is 13.2 Å². The van der Waals surface area contributed by atoms with Crippen LogP contribution in [0.2, 0.25) is 0 Å². The normalized spacial score (nSPS) is 11.3. The molecule has 2 aromatic carbocycles. The molecule has 0 saturated heterocycles. The lowest BCUT2D eigenvalue weighted by Crippen LogP contribution is -2.20. The SMILES string of the molecule is CNS(=O)(=O)c1ccc(C)c(C(=O)Nc2ccc(C)cc2C)c1. The molecule has 0 aromatic heterocycles. The van der Waals surface area contributed by atoms with Crippen molar-refractivity contribution in [3.63, 3.8) is 0 Å². The number of amides is 1. The molecule has 0 bridgehead atoms. The fourth-order valence-electron chi connectivity index (χ4n) is 2.27. The number of aryl methyl sites for hydroxylation is 3. The predicted molar refractivity (Wildman–Crippen MR) is 91.3 cm³/mol. The van der Waals surface area contributed by atoms with Crippen LogP contribution in [0, 0.1) is 20.8 Å². The fraction of sp³-hybridized carbons (Fsp3) is 0.235. The second kappa shape index (κ2) is 6.52. The van der Waals surface area contributed by atoms with E-state index >= 15 is 0 Å². The van der Waals surface area contributed by atoms with Crippen molar-refractivity contribution in [2.45, 2.75) is 25.7 Å². The minimum atomic E-state index is -3.59. The van der Waals surface area contributed by atoms with Crippen LogP contribution < -0.4 is 10.0 Å². The highest BCUT2D eigenvalue weighted by Crippen LogP contribution is 2.20. The molecule has 122 valence electrons. The van der Waals surface area contributed by atoms with Gasteiger partial charge in [-0.2, -0.15) is 0 Å². The van der Waals surface area contributed by atoms with E-state index in [1.807, 2.05) is 32.0 Å². The molecule has 0 radical (unpaired) electrons. The topological polar surface area (TPSA) is 75.3 Å². The zero-order valence-electron chi connectivity index (χ0n) is 13.6. The van der Waals surface area contributed by atoms with Gasteiger partial charge in [0.15, 0.2) is 0 Å². The molecule has 6 heteroatoms. The molecule has 0 heterocycles. The monoisotopic (exact) mass is 332 g/mol. The Morgan fingerprint density at radius 2 is 1.65 bits per heavy atom. The zero-order chi connectivity index (χ0) is 17.2. The van der Waals surface area contributed by atoms with Gasteiger partial charge in [0.05, 0.1) is 4.90 Å². The summed E-state index contributed by atoms with van der Waals surface area (Å²) in [5.74, 6) is -0.331. The van der Waals surface area contributed by atoms with Gasteiger partial charge in [-0.05, 0) is 57.1 Å². The van der Waals surface area contributed by atoms with E-state index in [9.17, 15) is 13.2 Å². The Kier molecular flexibility index (Phi) is 4.87. The molecule has 0 aliphatic rings. The van der Waals surface area contributed by atoms with Crippen molar-refractivity contribution in [3.05, 3.63) is 58.7 Å². The van der Waals surface area contributed by atoms with Gasteiger partial charge >= 0.3 is 0 Å². The fourth-order valence-corrected chi connectivity index (χ4v) is 3.03. The third-order valence-corrected chi connectivity index (χ3v) is 5.07. The quantitative estimate of drug-likeness (QED) is 0.904. The first kappa shape index (κ1) is 17.2. The summed E-state index contributed by atoms with van der Waals surface area (Å²) in [6, 6.07) is 10.2. The van der Waals surface area contributed by atoms with Crippen LogP contribution >= 0.6 is 0 Å². The van der Waals surface area contributed by atoms with E-state index in [4.69, 9.17) is 0 Å². The van der Waals surface area contributed by atoms with Crippen LogP contribution in [0.3, 0.4) is 0 Å². The molecule has 5 nitrogen and oxygen atoms in total. The summed E-state index contributed by atoms with van der Waals surface area (Å²) in [5, 5.41) is 2.84. The van der Waals surface area contributed by atoms with Crippen LogP contribution in [0.4, 0.5) is 5.69 Å². The summed E-state index contributed by atoms with van der Waals surface area (Å²) < 4.78 is 26.0. The second-order valence-electron chi connectivity index (χ2n) is 5.46. The highest BCUT2D eigenvalue weighted by Gasteiger charge is 2.17. The number of carbonyl (C=O) groups is 1. The smallest absolute Gasteiger partial charge is 0.255 e. The van der Waals surface area contributed by atoms with E-state index in [0.29, 0.717) is 16.8 Å². The van der Waals surface area contributed by atoms with Crippen molar-refractivity contribution in [2.75, 3.05) is 12.4 Å². The number of carbonyl (C=O) groups excluding carboxylic acids is 1. The van der Waals surface area contributed by atoms with E-state index in [1.54, 1.807) is 13.0 Å². The van der Waals surface area contributed by atoms with Gasteiger partial charge in [0.1, 0.15) is 0 Å². The Balaban J connectivity index is 2.37. The maximum Gasteiger partial charge on any atom is 0.255 e. The van der Waals surface area contributed by atoms with Crippen LogP contribution in [0.1, 0.15) is 27.0 Å². The van der Waals surface area contributed by atoms with E-state index < -0.39 is 10.0 Å². The molecule has 0 unspecified atom stereocenters. The van der Waals surface area contributed by atoms with Gasteiger partial charge in [-0.3, -0.25) is 4.79 Å². The Morgan fingerprint density at radius 3 is 2.26 bits per heavy atom. The molecular weight excluding hydrogens is 312 g/mol. The van der Waals surface area contributed by atoms with E-state index in [0.717, 1.165) is 11.1 Å². The van der Waals surface area contributed by atoms with Gasteiger partial charge in [0, 0.05) is 11.3 Å². The average molecular weight is 332 g/mol. The standard InChI is InChI=1S/C17H20N2O3S/c1-11-5-8-16(13(3)9-11)19-17(20)15-10-14(7-6-12(15)2)23(21,22)18-4/h5-10,18H,1-4H3,(H,19,20). The van der Waals surface area contributed by atoms with Crippen LogP contribution in [0.25, 0.3) is 0 Å². The zero-order valence-corrected chi connectivity index (χ0v) is 14.4. The lowest BCUT2D eigenvalue weighted by atomic mass is 10.1. The van der Waals surface area contributed by atoms with Gasteiger partial charge in [0.2, 0.25) is 10.0 Å². The second-order valence-corrected chi connectivity index (χ2v) is 7.34. The number of sulfonamides is 1. The summed E-state index contributed by atoms with van der Waals surface area (Å²) in [7, 11) is -2.25. The molecule has 0 atom stereocenters. The van der Waals surface area contributed by atoms with Crippen LogP contribution in [0.5, 0.6) is 0 Å². The Labute approximate surface area is 136 Å². The van der Waals surface area contributed by atoms with Crippen molar-refractivity contribution in [1.82, 2.24) is 4.72 Å². The molecule has 0 saturated carbocycles. The molecular formula is C17H20N2O3S. The first-order valence-electron chi connectivity index (χ1n) is 7.17. The van der Waals surface area contributed by atoms with Crippen LogP contribution in [0.15, 0.2) is 41.3 Å². The minimum Gasteiger partial charge on any atom is -0.322 e. The number of hydrogen-bond donors (Lipinski definition) is 2. The van der Waals surface area contributed by atoms with E-state index in [1.165, 1.54) is 19.2 Å². The summed E-state index contributed by atoms with van der Waals surface area (Å²) in [4.78, 5) is 12.6. The Bertz CT molecular complexity index is 858. The number of benzene rings is 2. The van der Waals surface area contributed by atoms with Gasteiger partial charge in [-0.25, -0.2) is 13.1 Å². The minimum absolute atomic E-state index is 0.0661. The highest BCUT2D eigenvalue weighted by atomic mass is 32.2. The number of nitrogens with one attached hydrogen (secondary N) is 2. The van der Waals surface area contributed by atoms with Gasteiger partial charge in [0.25, 0.3) is 5.91 Å². The van der Waals surface area contributed by atoms with E-state index in [2.05, 4.69) is 10.0 Å². The third kappa shape index (κ3) is 3.78. The summed E-state index contributed by atoms with van der Waals surface area (Å²) >= 11 is 0. The predicted octanol–water partition coefficient (Wildman–Crippen LogP) is 2.77. The molecule has 0 aliphatic carbocycles. The van der Waals surface area contributed by atoms with E-state index in [-0.39, 0.29) is 10.8 Å². The van der Waals surface area contributed by atoms with Crippen molar-refractivity contribution in [2.24, 2.45) is 0 Å². The molecule has 23 heavy (non-hydrogen) atoms. The third-order valence-electron chi connectivity index (χ3n) is 3.66. The van der Waals surface area contributed by atoms with Gasteiger partial charge in [-0.15, -0.1) is 0 Å². The summed E-state index contributed by atoms with van der Waals surface area (Å²) in [5.41, 5.74) is 3.82. The van der Waals surface area contributed by atoms with Crippen molar-refractivity contribution in [3.8, 4) is 0 Å². The van der Waals surface area contributed by atoms with Crippen LogP contribution in [-0.4, -0.2) is 21.4 Å². The van der Waals surface area contributed by atoms with Crippen LogP contribution in [-0.2, 0) is 10.0 Å². The first-order chi connectivity index (χ1) is 10.7. The average Bonchev–Trinajstić information content (AvgIpc) is 2.50. The first-order valence-corrected chi connectivity index (χ1v) is 8.65. The molecule has 2 aromatic rings. The number of anilines is 1. The molecule has 0 fully saturated rings. The summed E-state index contributed by atoms with van der Waals surface area (Å²) in [6.07, 6.45) is 0. The molecule has 0 spiro atoms. The molecule has 2 N–H and O–H groups in total. The maximum atomic E-state index is 12.5. The van der Waals surface area contributed by atoms with Gasteiger partial charge < -0.3 is 5.32 Å². The molecule has 0 aliphatic heterocycles. The van der Waals surface area contributed by atoms with Gasteiger partial charge in [-0.1, -0.05) is 23.8 Å². The lowest BCUT2D eigenvalue weighted by molar-refractivity contribution is 0.102. The Hall–Kier alpha value is -2.18. The molecule has 1 amide bonds. The molecule has 2 rings (SSSR count). The number of rotatable bonds is 4. The van der Waals surface area contributed by atoms with Crippen molar-refractivity contribution in [1.29, 1.82) is 0 Å². The highest BCUT2D eigenvalue weighted by molar-refractivity contribution is 7.89.